The number of anilines is 1. The number of nitrogens with zero attached hydrogens (tertiary/aromatic N) is 5. The molecule has 7 nitrogen and oxygen atoms in total. The van der Waals surface area contributed by atoms with Gasteiger partial charge >= 0.3 is 0 Å². The van der Waals surface area contributed by atoms with Crippen LogP contribution in [0.15, 0.2) is 42.7 Å². The van der Waals surface area contributed by atoms with Crippen molar-refractivity contribution in [3.63, 3.8) is 0 Å². The monoisotopic (exact) mass is 381 g/mol. The molecule has 138 valence electrons. The Balaban J connectivity index is 1.56. The molecule has 3 aromatic rings. The van der Waals surface area contributed by atoms with Crippen LogP contribution in [0.2, 0.25) is 0 Å². The summed E-state index contributed by atoms with van der Waals surface area (Å²) in [6.07, 6.45) is 3.46. The Kier molecular flexibility index (Phi) is 4.49. The van der Waals surface area contributed by atoms with Gasteiger partial charge in [-0.05, 0) is 6.92 Å². The fraction of sp³-hybridized carbons (Fsp3) is 0.263. The molecule has 0 radical (unpaired) electrons. The number of aromatic nitrogens is 3. The maximum Gasteiger partial charge on any atom is 0.266 e. The highest BCUT2D eigenvalue weighted by Gasteiger charge is 2.31. The van der Waals surface area contributed by atoms with Crippen molar-refractivity contribution in [3.05, 3.63) is 52.6 Å². The van der Waals surface area contributed by atoms with Crippen LogP contribution in [-0.2, 0) is 11.8 Å². The molecule has 0 aliphatic carbocycles. The van der Waals surface area contributed by atoms with Gasteiger partial charge in [-0.25, -0.2) is 4.98 Å². The van der Waals surface area contributed by atoms with E-state index in [1.54, 1.807) is 26.9 Å². The lowest BCUT2D eigenvalue weighted by molar-refractivity contribution is -0.120. The lowest BCUT2D eigenvalue weighted by Gasteiger charge is -2.33. The van der Waals surface area contributed by atoms with Crippen molar-refractivity contribution >= 4 is 28.8 Å². The van der Waals surface area contributed by atoms with Gasteiger partial charge in [0.2, 0.25) is 5.91 Å². The second-order valence-corrected chi connectivity index (χ2v) is 7.62. The maximum absolute atomic E-state index is 13.1. The van der Waals surface area contributed by atoms with Crippen LogP contribution in [0.25, 0.3) is 11.3 Å². The van der Waals surface area contributed by atoms with Crippen molar-refractivity contribution in [2.75, 3.05) is 24.5 Å². The molecule has 0 N–H and O–H groups in total. The predicted molar refractivity (Wildman–Crippen MR) is 104 cm³/mol. The van der Waals surface area contributed by atoms with Gasteiger partial charge in [-0.1, -0.05) is 30.3 Å². The minimum absolute atomic E-state index is 0.0545. The molecule has 0 bridgehead atoms. The Labute approximate surface area is 160 Å². The van der Waals surface area contributed by atoms with E-state index in [-0.39, 0.29) is 18.4 Å². The zero-order chi connectivity index (χ0) is 19.0. The lowest BCUT2D eigenvalue weighted by Crippen LogP contribution is -2.52. The van der Waals surface area contributed by atoms with Crippen molar-refractivity contribution in [2.45, 2.75) is 6.92 Å². The van der Waals surface area contributed by atoms with E-state index in [4.69, 9.17) is 0 Å². The number of carbonyl (C=O) groups is 2. The average molecular weight is 381 g/mol. The minimum atomic E-state index is -0.140. The molecule has 2 aromatic heterocycles. The molecule has 0 unspecified atom stereocenters. The highest BCUT2D eigenvalue weighted by molar-refractivity contribution is 7.14. The lowest BCUT2D eigenvalue weighted by atomic mass is 10.1. The van der Waals surface area contributed by atoms with E-state index < -0.39 is 0 Å². The van der Waals surface area contributed by atoms with Crippen molar-refractivity contribution in [1.82, 2.24) is 19.7 Å². The molecule has 1 aromatic carbocycles. The number of hydrogen-bond acceptors (Lipinski definition) is 5. The molecule has 1 saturated heterocycles. The zero-order valence-corrected chi connectivity index (χ0v) is 15.9. The SMILES string of the molecule is Cc1nc(-c2ccccc2)c(C(=O)N2CCN(c3cnn(C)c3)C(=O)C2)s1. The Hall–Kier alpha value is -3.00. The smallest absolute Gasteiger partial charge is 0.266 e. The highest BCUT2D eigenvalue weighted by atomic mass is 32.1. The van der Waals surface area contributed by atoms with Gasteiger partial charge in [0.15, 0.2) is 0 Å². The van der Waals surface area contributed by atoms with Crippen LogP contribution in [0.4, 0.5) is 5.69 Å². The first-order valence-corrected chi connectivity index (χ1v) is 9.45. The van der Waals surface area contributed by atoms with Gasteiger partial charge in [0.25, 0.3) is 5.91 Å². The number of piperazine rings is 1. The Morgan fingerprint density at radius 3 is 2.63 bits per heavy atom. The van der Waals surface area contributed by atoms with Crippen molar-refractivity contribution in [1.29, 1.82) is 0 Å². The van der Waals surface area contributed by atoms with E-state index in [2.05, 4.69) is 10.1 Å². The summed E-state index contributed by atoms with van der Waals surface area (Å²) in [6.45, 7) is 2.87. The third-order valence-corrected chi connectivity index (χ3v) is 5.45. The molecule has 0 saturated carbocycles. The largest absolute Gasteiger partial charge is 0.327 e. The van der Waals surface area contributed by atoms with E-state index in [1.165, 1.54) is 11.3 Å². The summed E-state index contributed by atoms with van der Waals surface area (Å²) in [5.74, 6) is -0.247. The number of rotatable bonds is 3. The topological polar surface area (TPSA) is 71.3 Å². The molecule has 0 atom stereocenters. The molecule has 0 spiro atoms. The van der Waals surface area contributed by atoms with Crippen LogP contribution in [0.5, 0.6) is 0 Å². The van der Waals surface area contributed by atoms with Crippen molar-refractivity contribution < 1.29 is 9.59 Å². The van der Waals surface area contributed by atoms with Crippen LogP contribution in [0, 0.1) is 6.92 Å². The van der Waals surface area contributed by atoms with E-state index in [0.717, 1.165) is 16.3 Å². The Morgan fingerprint density at radius 1 is 1.19 bits per heavy atom. The summed E-state index contributed by atoms with van der Waals surface area (Å²) < 4.78 is 1.66. The highest BCUT2D eigenvalue weighted by Crippen LogP contribution is 2.29. The number of aryl methyl sites for hydroxylation is 2. The fourth-order valence-electron chi connectivity index (χ4n) is 3.17. The zero-order valence-electron chi connectivity index (χ0n) is 15.1. The van der Waals surface area contributed by atoms with Crippen LogP contribution >= 0.6 is 11.3 Å². The van der Waals surface area contributed by atoms with Gasteiger partial charge in [0.05, 0.1) is 22.6 Å². The van der Waals surface area contributed by atoms with Crippen molar-refractivity contribution in [2.24, 2.45) is 7.05 Å². The first-order chi connectivity index (χ1) is 13.0. The minimum Gasteiger partial charge on any atom is -0.327 e. The first-order valence-electron chi connectivity index (χ1n) is 8.64. The average Bonchev–Trinajstić information content (AvgIpc) is 3.27. The van der Waals surface area contributed by atoms with Gasteiger partial charge in [0.1, 0.15) is 11.4 Å². The van der Waals surface area contributed by atoms with E-state index in [1.807, 2.05) is 44.3 Å². The normalized spacial score (nSPS) is 14.7. The van der Waals surface area contributed by atoms with Gasteiger partial charge in [0, 0.05) is 31.9 Å². The summed E-state index contributed by atoms with van der Waals surface area (Å²) in [4.78, 5) is 34.1. The van der Waals surface area contributed by atoms with E-state index >= 15 is 0 Å². The van der Waals surface area contributed by atoms with Gasteiger partial charge in [-0.2, -0.15) is 5.10 Å². The summed E-state index contributed by atoms with van der Waals surface area (Å²) in [7, 11) is 1.81. The van der Waals surface area contributed by atoms with Crippen LogP contribution in [0.1, 0.15) is 14.7 Å². The molecule has 3 heterocycles. The molecule has 1 fully saturated rings. The standard InChI is InChI=1S/C19H19N5O2S/c1-13-21-17(14-6-4-3-5-7-14)18(27-13)19(26)23-8-9-24(16(25)12-23)15-10-20-22(2)11-15/h3-7,10-11H,8-9,12H2,1-2H3. The predicted octanol–water partition coefficient (Wildman–Crippen LogP) is 2.34. The molecule has 2 amide bonds. The number of carbonyl (C=O) groups excluding carboxylic acids is 2. The maximum atomic E-state index is 13.1. The second-order valence-electron chi connectivity index (χ2n) is 6.42. The Morgan fingerprint density at radius 2 is 1.96 bits per heavy atom. The number of amides is 2. The third-order valence-electron chi connectivity index (χ3n) is 4.49. The molecule has 4 rings (SSSR count). The first kappa shape index (κ1) is 17.4. The van der Waals surface area contributed by atoms with Crippen LogP contribution < -0.4 is 4.90 Å². The van der Waals surface area contributed by atoms with Crippen LogP contribution in [0.3, 0.4) is 0 Å². The fourth-order valence-corrected chi connectivity index (χ4v) is 4.08. The summed E-state index contributed by atoms with van der Waals surface area (Å²) in [6, 6.07) is 9.66. The second kappa shape index (κ2) is 6.96. The van der Waals surface area contributed by atoms with Gasteiger partial charge < -0.3 is 9.80 Å². The number of thiazole rings is 1. The summed E-state index contributed by atoms with van der Waals surface area (Å²) in [5, 5.41) is 4.94. The van der Waals surface area contributed by atoms with Gasteiger partial charge in [-0.3, -0.25) is 14.3 Å². The van der Waals surface area contributed by atoms with Gasteiger partial charge in [-0.15, -0.1) is 11.3 Å². The third kappa shape index (κ3) is 3.35. The molecule has 27 heavy (non-hydrogen) atoms. The summed E-state index contributed by atoms with van der Waals surface area (Å²) in [5.41, 5.74) is 2.35. The molecule has 1 aliphatic rings. The van der Waals surface area contributed by atoms with E-state index in [0.29, 0.717) is 23.7 Å². The molecular formula is C19H19N5O2S. The van der Waals surface area contributed by atoms with E-state index in [9.17, 15) is 9.59 Å². The van der Waals surface area contributed by atoms with Crippen LogP contribution in [-0.4, -0.2) is 51.1 Å². The summed E-state index contributed by atoms with van der Waals surface area (Å²) >= 11 is 1.37. The quantitative estimate of drug-likeness (QED) is 0.698. The molecular weight excluding hydrogens is 362 g/mol. The number of benzene rings is 1. The number of hydrogen-bond donors (Lipinski definition) is 0. The Bertz CT molecular complexity index is 995. The molecule has 1 aliphatic heterocycles. The van der Waals surface area contributed by atoms with Crippen molar-refractivity contribution in [3.8, 4) is 11.3 Å². The molecule has 8 heteroatoms.